The van der Waals surface area contributed by atoms with Crippen LogP contribution in [0.2, 0.25) is 0 Å². The van der Waals surface area contributed by atoms with Gasteiger partial charge in [-0.05, 0) is 6.42 Å². The molecule has 15 nitrogen and oxygen atoms in total. The van der Waals surface area contributed by atoms with Gasteiger partial charge in [-0.3, -0.25) is 24.6 Å². The molecule has 3 heterocycles. The van der Waals surface area contributed by atoms with Crippen LogP contribution in [-0.4, -0.2) is 95.6 Å². The van der Waals surface area contributed by atoms with Gasteiger partial charge in [-0.15, -0.1) is 0 Å². The van der Waals surface area contributed by atoms with E-state index in [1.165, 1.54) is 0 Å². The number of carbonyl (C=O) groups excluding carboxylic acids is 3. The number of hydrogen-bond acceptors (Lipinski definition) is 13. The van der Waals surface area contributed by atoms with Gasteiger partial charge >= 0.3 is 0 Å². The second-order valence-electron chi connectivity index (χ2n) is 9.77. The van der Waals surface area contributed by atoms with Crippen LogP contribution in [0.4, 0.5) is 5.69 Å². The SMILES string of the molecule is O=C1CCC(N2Cc3c(NCc4c(O)c(O)c(O)c(O)c4CN4CCOCC4)c(O)c(O)c(O)c3C2=O)C(=O)N1. The summed E-state index contributed by atoms with van der Waals surface area (Å²) in [7, 11) is 0. The molecule has 2 aromatic carbocycles. The first kappa shape index (κ1) is 27.0. The molecule has 1 unspecified atom stereocenters. The number of ether oxygens (including phenoxy) is 1. The van der Waals surface area contributed by atoms with E-state index >= 15 is 0 Å². The number of aromatic hydroxyl groups is 7. The van der Waals surface area contributed by atoms with Gasteiger partial charge in [-0.1, -0.05) is 0 Å². The molecular weight excluding hydrogens is 532 g/mol. The number of morpholine rings is 1. The zero-order chi connectivity index (χ0) is 28.9. The van der Waals surface area contributed by atoms with E-state index in [0.717, 1.165) is 4.90 Å². The van der Waals surface area contributed by atoms with Crippen LogP contribution in [0.25, 0.3) is 0 Å². The van der Waals surface area contributed by atoms with Gasteiger partial charge in [-0.25, -0.2) is 0 Å². The average Bonchev–Trinajstić information content (AvgIpc) is 3.27. The fourth-order valence-corrected chi connectivity index (χ4v) is 5.27. The summed E-state index contributed by atoms with van der Waals surface area (Å²) in [4.78, 5) is 40.2. The lowest BCUT2D eigenvalue weighted by Crippen LogP contribution is -2.52. The van der Waals surface area contributed by atoms with E-state index in [1.807, 2.05) is 4.90 Å². The van der Waals surface area contributed by atoms with Crippen molar-refractivity contribution in [2.24, 2.45) is 0 Å². The van der Waals surface area contributed by atoms with Crippen LogP contribution in [-0.2, 0) is 34.0 Å². The van der Waals surface area contributed by atoms with Gasteiger partial charge in [0.2, 0.25) is 29.1 Å². The number of phenolic OH excluding ortho intramolecular Hbond substituents is 7. The number of nitrogens with one attached hydrogen (secondary N) is 2. The van der Waals surface area contributed by atoms with Crippen molar-refractivity contribution in [3.63, 3.8) is 0 Å². The van der Waals surface area contributed by atoms with Crippen LogP contribution < -0.4 is 10.6 Å². The van der Waals surface area contributed by atoms with E-state index in [4.69, 9.17) is 4.74 Å². The van der Waals surface area contributed by atoms with E-state index in [1.54, 1.807) is 0 Å². The molecule has 2 fully saturated rings. The van der Waals surface area contributed by atoms with Gasteiger partial charge in [-0.2, -0.15) is 0 Å². The lowest BCUT2D eigenvalue weighted by Gasteiger charge is -2.29. The Labute approximate surface area is 226 Å². The Morgan fingerprint density at radius 3 is 2.10 bits per heavy atom. The van der Waals surface area contributed by atoms with Gasteiger partial charge in [0.05, 0.1) is 24.5 Å². The molecule has 0 radical (unpaired) electrons. The molecule has 2 aromatic rings. The average molecular weight is 561 g/mol. The van der Waals surface area contributed by atoms with Crippen LogP contribution in [0.15, 0.2) is 0 Å². The van der Waals surface area contributed by atoms with Crippen molar-refractivity contribution in [1.82, 2.24) is 15.1 Å². The predicted molar refractivity (Wildman–Crippen MR) is 134 cm³/mol. The number of nitrogens with zero attached hydrogens (tertiary/aromatic N) is 2. The van der Waals surface area contributed by atoms with Crippen molar-refractivity contribution in [3.8, 4) is 40.2 Å². The largest absolute Gasteiger partial charge is 0.504 e. The third kappa shape index (κ3) is 4.38. The summed E-state index contributed by atoms with van der Waals surface area (Å²) in [5, 5.41) is 78.1. The van der Waals surface area contributed by atoms with E-state index in [9.17, 15) is 50.1 Å². The monoisotopic (exact) mass is 560 g/mol. The molecule has 3 aliphatic rings. The van der Waals surface area contributed by atoms with Crippen LogP contribution >= 0.6 is 0 Å². The molecular formula is C25H28N4O11. The Hall–Kier alpha value is -4.63. The third-order valence-corrected chi connectivity index (χ3v) is 7.45. The maximum Gasteiger partial charge on any atom is 0.259 e. The second-order valence-corrected chi connectivity index (χ2v) is 9.77. The molecule has 15 heteroatoms. The Morgan fingerprint density at radius 2 is 1.45 bits per heavy atom. The van der Waals surface area contributed by atoms with Crippen molar-refractivity contribution in [2.75, 3.05) is 31.6 Å². The van der Waals surface area contributed by atoms with Gasteiger partial charge in [0.15, 0.2) is 23.0 Å². The molecule has 214 valence electrons. The number of rotatable bonds is 6. The quantitative estimate of drug-likeness (QED) is 0.127. The first-order valence-corrected chi connectivity index (χ1v) is 12.5. The van der Waals surface area contributed by atoms with Crippen molar-refractivity contribution in [2.45, 2.75) is 38.5 Å². The lowest BCUT2D eigenvalue weighted by atomic mass is 10.0. The maximum atomic E-state index is 13.2. The Kier molecular flexibility index (Phi) is 6.85. The van der Waals surface area contributed by atoms with E-state index in [-0.39, 0.29) is 60.4 Å². The smallest absolute Gasteiger partial charge is 0.259 e. The second kappa shape index (κ2) is 10.2. The van der Waals surface area contributed by atoms with Gasteiger partial charge < -0.3 is 50.7 Å². The highest BCUT2D eigenvalue weighted by Gasteiger charge is 2.43. The highest BCUT2D eigenvalue weighted by molar-refractivity contribution is 6.08. The van der Waals surface area contributed by atoms with Crippen LogP contribution in [0.1, 0.15) is 39.9 Å². The van der Waals surface area contributed by atoms with Crippen LogP contribution in [0.5, 0.6) is 40.2 Å². The normalized spacial score (nSPS) is 19.6. The maximum absolute atomic E-state index is 13.2. The van der Waals surface area contributed by atoms with Crippen molar-refractivity contribution in [3.05, 3.63) is 22.3 Å². The number of phenols is 7. The predicted octanol–water partition coefficient (Wildman–Crippen LogP) is -0.169. The first-order chi connectivity index (χ1) is 19.0. The minimum absolute atomic E-state index is 0.0108. The number of amides is 3. The molecule has 0 aromatic heterocycles. The first-order valence-electron chi connectivity index (χ1n) is 12.5. The zero-order valence-electron chi connectivity index (χ0n) is 21.1. The van der Waals surface area contributed by atoms with Crippen LogP contribution in [0, 0.1) is 0 Å². The molecule has 1 atom stereocenters. The van der Waals surface area contributed by atoms with E-state index in [2.05, 4.69) is 10.6 Å². The summed E-state index contributed by atoms with van der Waals surface area (Å²) < 4.78 is 5.32. The molecule has 0 spiro atoms. The fourth-order valence-electron chi connectivity index (χ4n) is 5.27. The lowest BCUT2D eigenvalue weighted by molar-refractivity contribution is -0.136. The minimum Gasteiger partial charge on any atom is -0.504 e. The summed E-state index contributed by atoms with van der Waals surface area (Å²) in [5.41, 5.74) is -0.522. The van der Waals surface area contributed by atoms with Crippen molar-refractivity contribution in [1.29, 1.82) is 0 Å². The van der Waals surface area contributed by atoms with E-state index in [0.29, 0.717) is 26.3 Å². The topological polar surface area (TPSA) is 233 Å². The number of hydrogen-bond donors (Lipinski definition) is 9. The Balaban J connectivity index is 1.50. The van der Waals surface area contributed by atoms with Gasteiger partial charge in [0, 0.05) is 55.8 Å². The van der Waals surface area contributed by atoms with Crippen molar-refractivity contribution < 1.29 is 54.9 Å². The number of benzene rings is 2. The molecule has 9 N–H and O–H groups in total. The fraction of sp³-hybridized carbons (Fsp3) is 0.400. The summed E-state index contributed by atoms with van der Waals surface area (Å²) in [5.74, 6) is -8.02. The molecule has 3 amide bonds. The number of anilines is 1. The standard InChI is InChI=1S/C25H28N4O11/c30-14-2-1-13(24(38)27-14)29-9-12-15(25(29)39)19(33)23(37)20(34)16(12)26-7-10-11(8-28-3-5-40-6-4-28)18(32)22(36)21(35)17(10)31/h13,26,31-37H,1-9H2,(H,27,30,38). The molecule has 5 rings (SSSR count). The molecule has 0 bridgehead atoms. The Bertz CT molecular complexity index is 1420. The molecule has 2 saturated heterocycles. The molecule has 0 saturated carbocycles. The summed E-state index contributed by atoms with van der Waals surface area (Å²) >= 11 is 0. The van der Waals surface area contributed by atoms with Crippen molar-refractivity contribution >= 4 is 23.4 Å². The van der Waals surface area contributed by atoms with E-state index < -0.39 is 64.0 Å². The minimum atomic E-state index is -1.04. The number of piperidine rings is 1. The summed E-state index contributed by atoms with van der Waals surface area (Å²) in [6.45, 7) is 1.23. The number of fused-ring (bicyclic) bond motifs is 1. The zero-order valence-corrected chi connectivity index (χ0v) is 21.1. The Morgan fingerprint density at radius 1 is 0.825 bits per heavy atom. The molecule has 40 heavy (non-hydrogen) atoms. The molecule has 0 aliphatic carbocycles. The number of carbonyl (C=O) groups is 3. The summed E-state index contributed by atoms with van der Waals surface area (Å²) in [6.07, 6.45) is 0.0277. The van der Waals surface area contributed by atoms with Gasteiger partial charge in [0.25, 0.3) is 5.91 Å². The van der Waals surface area contributed by atoms with Gasteiger partial charge in [0.1, 0.15) is 6.04 Å². The number of imide groups is 1. The third-order valence-electron chi connectivity index (χ3n) is 7.45. The highest BCUT2D eigenvalue weighted by Crippen LogP contribution is 2.51. The summed E-state index contributed by atoms with van der Waals surface area (Å²) in [6, 6.07) is -1.04. The molecule has 3 aliphatic heterocycles. The van der Waals surface area contributed by atoms with Crippen LogP contribution in [0.3, 0.4) is 0 Å². The highest BCUT2D eigenvalue weighted by atomic mass is 16.5.